The second-order valence-electron chi connectivity index (χ2n) is 5.52. The zero-order valence-electron chi connectivity index (χ0n) is 14.0. The molecule has 3 amide bonds. The van der Waals surface area contributed by atoms with Gasteiger partial charge in [-0.15, -0.1) is 0 Å². The maximum Gasteiger partial charge on any atom is 3.00 e. The summed E-state index contributed by atoms with van der Waals surface area (Å²) >= 11 is 0. The summed E-state index contributed by atoms with van der Waals surface area (Å²) in [5.41, 5.74) is 7.80. The predicted octanol–water partition coefficient (Wildman–Crippen LogP) is 2.02. The molecule has 0 aliphatic carbocycles. The number of carbonyl (C=O) groups excluding carboxylic acids is 3. The zero-order chi connectivity index (χ0) is 17.4. The van der Waals surface area contributed by atoms with Crippen LogP contribution in [0.25, 0.3) is 5.73 Å². The molecule has 3 N–H and O–H groups in total. The summed E-state index contributed by atoms with van der Waals surface area (Å²) < 4.78 is 5.08. The molecule has 8 heteroatoms. The second kappa shape index (κ2) is 11.2. The Balaban J connectivity index is 0.00000529. The number of nitrogens with one attached hydrogen (secondary N) is 3. The molecule has 0 saturated carbocycles. The van der Waals surface area contributed by atoms with Gasteiger partial charge in [-0.2, -0.15) is 0 Å². The minimum Gasteiger partial charge on any atom is -0.666 e. The van der Waals surface area contributed by atoms with Gasteiger partial charge in [0.25, 0.3) is 0 Å². The van der Waals surface area contributed by atoms with Gasteiger partial charge < -0.3 is 25.9 Å². The molecule has 0 saturated heterocycles. The van der Waals surface area contributed by atoms with Crippen molar-refractivity contribution in [2.24, 2.45) is 5.92 Å². The number of rotatable bonds is 7. The molecule has 0 fully saturated rings. The largest absolute Gasteiger partial charge is 3.00 e. The van der Waals surface area contributed by atoms with Gasteiger partial charge in [0.2, 0.25) is 5.91 Å². The molecule has 7 nitrogen and oxygen atoms in total. The summed E-state index contributed by atoms with van der Waals surface area (Å²) in [7, 11) is 0. The number of alkyl carbamates (subject to hydrolysis) is 1. The van der Waals surface area contributed by atoms with Crippen molar-refractivity contribution in [3.63, 3.8) is 0 Å². The van der Waals surface area contributed by atoms with Gasteiger partial charge in [-0.25, -0.2) is 4.79 Å². The standard InChI is InChI=1S/C16H23N3O4.Y/c1-10(2)13(15(21)18-11(3)14(17)20)19-16(22)23-9-12-7-5-4-6-8-12;/h4-8,10-11,13H,9H2,1-3H3,(H4,17,18,19,20,21,22);/q;+3/p-1. The smallest absolute Gasteiger partial charge is 0.666 e. The van der Waals surface area contributed by atoms with Crippen molar-refractivity contribution in [2.45, 2.75) is 39.5 Å². The Bertz CT molecular complexity index is 552. The van der Waals surface area contributed by atoms with E-state index in [1.165, 1.54) is 6.92 Å². The first-order chi connectivity index (χ1) is 10.8. The number of carbonyl (C=O) groups is 3. The van der Waals surface area contributed by atoms with E-state index in [0.29, 0.717) is 0 Å². The van der Waals surface area contributed by atoms with Crippen LogP contribution in [-0.2, 0) is 53.6 Å². The first-order valence-corrected chi connectivity index (χ1v) is 7.34. The van der Waals surface area contributed by atoms with Crippen LogP contribution in [0.3, 0.4) is 0 Å². The van der Waals surface area contributed by atoms with Crippen molar-refractivity contribution >= 4 is 17.9 Å². The van der Waals surface area contributed by atoms with Crippen LogP contribution < -0.4 is 10.6 Å². The average molecular weight is 409 g/mol. The minimum atomic E-state index is -0.925. The molecule has 0 spiro atoms. The second-order valence-corrected chi connectivity index (χ2v) is 5.52. The Morgan fingerprint density at radius 3 is 2.17 bits per heavy atom. The quantitative estimate of drug-likeness (QED) is 0.718. The van der Waals surface area contributed by atoms with Crippen molar-refractivity contribution < 1.29 is 51.8 Å². The monoisotopic (exact) mass is 409 g/mol. The van der Waals surface area contributed by atoms with E-state index in [1.807, 2.05) is 30.3 Å². The normalized spacial score (nSPS) is 12.5. The zero-order valence-corrected chi connectivity index (χ0v) is 16.9. The average Bonchev–Trinajstić information content (AvgIpc) is 2.51. The van der Waals surface area contributed by atoms with Crippen molar-refractivity contribution in [2.75, 3.05) is 0 Å². The molecule has 1 aromatic carbocycles. The third-order valence-electron chi connectivity index (χ3n) is 3.19. The van der Waals surface area contributed by atoms with E-state index in [1.54, 1.807) is 13.8 Å². The van der Waals surface area contributed by atoms with E-state index in [2.05, 4.69) is 10.6 Å². The fraction of sp³-hybridized carbons (Fsp3) is 0.438. The van der Waals surface area contributed by atoms with Crippen molar-refractivity contribution in [3.05, 3.63) is 41.6 Å². The summed E-state index contributed by atoms with van der Waals surface area (Å²) in [6, 6.07) is 7.40. The van der Waals surface area contributed by atoms with E-state index in [-0.39, 0.29) is 45.2 Å². The summed E-state index contributed by atoms with van der Waals surface area (Å²) in [4.78, 5) is 34.8. The number of amides is 3. The molecule has 1 rings (SSSR count). The van der Waals surface area contributed by atoms with Crippen molar-refractivity contribution in [1.29, 1.82) is 0 Å². The molecular weight excluding hydrogens is 387 g/mol. The molecule has 126 valence electrons. The van der Waals surface area contributed by atoms with Crippen LogP contribution in [0, 0.1) is 5.92 Å². The van der Waals surface area contributed by atoms with Crippen LogP contribution in [0.4, 0.5) is 4.79 Å². The third-order valence-corrected chi connectivity index (χ3v) is 3.19. The van der Waals surface area contributed by atoms with Crippen LogP contribution >= 0.6 is 0 Å². The van der Waals surface area contributed by atoms with E-state index in [9.17, 15) is 14.4 Å². The van der Waals surface area contributed by atoms with Gasteiger partial charge in [0.1, 0.15) is 12.6 Å². The van der Waals surface area contributed by atoms with Crippen LogP contribution in [0.2, 0.25) is 0 Å². The van der Waals surface area contributed by atoms with Crippen molar-refractivity contribution in [1.82, 2.24) is 10.6 Å². The van der Waals surface area contributed by atoms with Crippen LogP contribution in [0.15, 0.2) is 30.3 Å². The van der Waals surface area contributed by atoms with Gasteiger partial charge in [0.15, 0.2) is 0 Å². The fourth-order valence-electron chi connectivity index (χ4n) is 1.80. The summed E-state index contributed by atoms with van der Waals surface area (Å²) in [6.07, 6.45) is -0.715. The Labute approximate surface area is 167 Å². The number of benzene rings is 1. The maximum atomic E-state index is 12.1. The Hall–Kier alpha value is -1.47. The molecule has 0 aliphatic rings. The number of hydrogen-bond donors (Lipinski definition) is 2. The summed E-state index contributed by atoms with van der Waals surface area (Å²) in [5, 5.41) is 4.88. The number of hydrogen-bond acceptors (Lipinski definition) is 4. The van der Waals surface area contributed by atoms with Gasteiger partial charge in [0, 0.05) is 0 Å². The van der Waals surface area contributed by atoms with Gasteiger partial charge >= 0.3 is 38.8 Å². The van der Waals surface area contributed by atoms with Crippen LogP contribution in [0.1, 0.15) is 26.3 Å². The molecule has 2 unspecified atom stereocenters. The van der Waals surface area contributed by atoms with Gasteiger partial charge in [-0.05, 0) is 18.4 Å². The first kappa shape index (κ1) is 22.5. The van der Waals surface area contributed by atoms with Crippen LogP contribution in [-0.4, -0.2) is 30.0 Å². The molecule has 1 aromatic rings. The molecule has 0 aliphatic heterocycles. The predicted molar refractivity (Wildman–Crippen MR) is 85.3 cm³/mol. The van der Waals surface area contributed by atoms with Crippen molar-refractivity contribution in [3.8, 4) is 0 Å². The van der Waals surface area contributed by atoms with E-state index in [4.69, 9.17) is 10.5 Å². The summed E-state index contributed by atoms with van der Waals surface area (Å²) in [6.45, 7) is 5.03. The molecule has 0 heterocycles. The Morgan fingerprint density at radius 2 is 1.67 bits per heavy atom. The Morgan fingerprint density at radius 1 is 1.08 bits per heavy atom. The number of ether oxygens (including phenoxy) is 1. The molecular formula is C16H22N3O4Y+2. The minimum absolute atomic E-state index is 0. The molecule has 0 bridgehead atoms. The van der Waals surface area contributed by atoms with Crippen LogP contribution in [0.5, 0.6) is 0 Å². The molecule has 0 aromatic heterocycles. The molecule has 24 heavy (non-hydrogen) atoms. The molecule has 0 radical (unpaired) electrons. The van der Waals surface area contributed by atoms with Gasteiger partial charge in [0.05, 0.1) is 11.9 Å². The van der Waals surface area contributed by atoms with E-state index >= 15 is 0 Å². The third kappa shape index (κ3) is 7.88. The molecule has 2 atom stereocenters. The SMILES string of the molecule is CC(NC(=O)C(NC(=O)OCc1ccccc1)C(C)C)C([NH-])=O.[Y+3]. The maximum absolute atomic E-state index is 12.1. The van der Waals surface area contributed by atoms with E-state index < -0.39 is 30.0 Å². The van der Waals surface area contributed by atoms with Gasteiger partial charge in [-0.3, -0.25) is 4.79 Å². The van der Waals surface area contributed by atoms with Gasteiger partial charge in [-0.1, -0.05) is 44.2 Å². The summed E-state index contributed by atoms with van der Waals surface area (Å²) in [5.74, 6) is -1.62. The Kier molecular flexibility index (Phi) is 10.5. The first-order valence-electron chi connectivity index (χ1n) is 7.34. The van der Waals surface area contributed by atoms with E-state index in [0.717, 1.165) is 5.56 Å². The topological polar surface area (TPSA) is 108 Å². The fourth-order valence-corrected chi connectivity index (χ4v) is 1.80.